The summed E-state index contributed by atoms with van der Waals surface area (Å²) in [5.74, 6) is -0.333. The number of rotatable bonds is 5. The lowest BCUT2D eigenvalue weighted by atomic mass is 10.2. The van der Waals surface area contributed by atoms with E-state index in [1.807, 2.05) is 0 Å². The Labute approximate surface area is 137 Å². The van der Waals surface area contributed by atoms with E-state index in [4.69, 9.17) is 0 Å². The lowest BCUT2D eigenvalue weighted by Crippen LogP contribution is -2.29. The van der Waals surface area contributed by atoms with Gasteiger partial charge in [-0.2, -0.15) is 12.7 Å². The molecule has 0 saturated heterocycles. The summed E-state index contributed by atoms with van der Waals surface area (Å²) in [6.07, 6.45) is 0.863. The standard InChI is InChI=1S/C11H13BrN4O4S2/c1-15(2)22(19,20)16-8-13-11(14-16)21(17,18)7-9-5-3-4-6-10(9)12/h3-6,8H,7H2,1-2H3. The average molecular weight is 409 g/mol. The summed E-state index contributed by atoms with van der Waals surface area (Å²) < 4.78 is 50.4. The highest BCUT2D eigenvalue weighted by atomic mass is 79.9. The highest BCUT2D eigenvalue weighted by molar-refractivity contribution is 9.10. The first kappa shape index (κ1) is 17.1. The Balaban J connectivity index is 2.36. The van der Waals surface area contributed by atoms with Crippen LogP contribution in [0.4, 0.5) is 0 Å². The Morgan fingerprint density at radius 3 is 2.41 bits per heavy atom. The van der Waals surface area contributed by atoms with Gasteiger partial charge in [-0.3, -0.25) is 0 Å². The number of hydrogen-bond donors (Lipinski definition) is 0. The molecular weight excluding hydrogens is 396 g/mol. The molecule has 1 aromatic carbocycles. The van der Waals surface area contributed by atoms with E-state index in [0.717, 1.165) is 10.6 Å². The van der Waals surface area contributed by atoms with Gasteiger partial charge in [-0.15, -0.1) is 9.19 Å². The molecule has 0 aliphatic heterocycles. The van der Waals surface area contributed by atoms with Gasteiger partial charge in [0.1, 0.15) is 6.33 Å². The summed E-state index contributed by atoms with van der Waals surface area (Å²) in [5.41, 5.74) is 0.536. The second-order valence-corrected chi connectivity index (χ2v) is 9.28. The molecule has 2 aromatic rings. The molecule has 0 saturated carbocycles. The van der Waals surface area contributed by atoms with Crippen LogP contribution in [0.15, 0.2) is 40.2 Å². The monoisotopic (exact) mass is 408 g/mol. The third-order valence-corrected chi connectivity index (χ3v) is 6.51. The van der Waals surface area contributed by atoms with Gasteiger partial charge < -0.3 is 0 Å². The Morgan fingerprint density at radius 1 is 1.18 bits per heavy atom. The van der Waals surface area contributed by atoms with Crippen molar-refractivity contribution in [3.05, 3.63) is 40.6 Å². The predicted molar refractivity (Wildman–Crippen MR) is 83.1 cm³/mol. The van der Waals surface area contributed by atoms with Gasteiger partial charge in [-0.05, 0) is 11.6 Å². The molecule has 0 bridgehead atoms. The van der Waals surface area contributed by atoms with E-state index in [2.05, 4.69) is 26.0 Å². The molecule has 11 heteroatoms. The molecular formula is C11H13BrN4O4S2. The quantitative estimate of drug-likeness (QED) is 0.719. The third kappa shape index (κ3) is 3.37. The van der Waals surface area contributed by atoms with Crippen LogP contribution in [0.3, 0.4) is 0 Å². The van der Waals surface area contributed by atoms with Crippen molar-refractivity contribution in [2.75, 3.05) is 14.1 Å². The minimum Gasteiger partial charge on any atom is -0.220 e. The Morgan fingerprint density at radius 2 is 1.82 bits per heavy atom. The van der Waals surface area contributed by atoms with Crippen molar-refractivity contribution in [1.82, 2.24) is 18.5 Å². The van der Waals surface area contributed by atoms with Crippen LogP contribution in [0.1, 0.15) is 5.56 Å². The molecule has 8 nitrogen and oxygen atoms in total. The van der Waals surface area contributed by atoms with Gasteiger partial charge in [0.2, 0.25) is 9.84 Å². The summed E-state index contributed by atoms with van der Waals surface area (Å²) in [4.78, 5) is 3.61. The maximum absolute atomic E-state index is 12.3. The van der Waals surface area contributed by atoms with Crippen molar-refractivity contribution in [3.8, 4) is 0 Å². The molecule has 0 aliphatic carbocycles. The van der Waals surface area contributed by atoms with Crippen LogP contribution >= 0.6 is 15.9 Å². The summed E-state index contributed by atoms with van der Waals surface area (Å²) in [6.45, 7) is 0. The van der Waals surface area contributed by atoms with Crippen LogP contribution in [0.5, 0.6) is 0 Å². The lowest BCUT2D eigenvalue weighted by Gasteiger charge is -2.09. The van der Waals surface area contributed by atoms with E-state index in [9.17, 15) is 16.8 Å². The zero-order valence-corrected chi connectivity index (χ0v) is 14.9. The second-order valence-electron chi connectivity index (χ2n) is 4.54. The summed E-state index contributed by atoms with van der Waals surface area (Å²) in [6, 6.07) is 6.83. The van der Waals surface area contributed by atoms with E-state index in [1.54, 1.807) is 24.3 Å². The maximum Gasteiger partial charge on any atom is 0.323 e. The number of halogens is 1. The molecule has 0 atom stereocenters. The van der Waals surface area contributed by atoms with Crippen LogP contribution in [0, 0.1) is 0 Å². The third-order valence-electron chi connectivity index (χ3n) is 2.73. The molecule has 0 amide bonds. The molecule has 0 unspecified atom stereocenters. The fourth-order valence-corrected chi connectivity index (χ4v) is 4.09. The number of nitrogens with zero attached hydrogens (tertiary/aromatic N) is 4. The first-order valence-corrected chi connectivity index (χ1v) is 9.79. The molecule has 0 radical (unpaired) electrons. The Bertz CT molecular complexity index is 890. The summed E-state index contributed by atoms with van der Waals surface area (Å²) >= 11 is 3.26. The smallest absolute Gasteiger partial charge is 0.220 e. The van der Waals surface area contributed by atoms with Gasteiger partial charge in [-0.25, -0.2) is 13.4 Å². The molecule has 2 rings (SSSR count). The van der Waals surface area contributed by atoms with Gasteiger partial charge in [0.15, 0.2) is 0 Å². The van der Waals surface area contributed by atoms with Gasteiger partial charge in [0.05, 0.1) is 5.75 Å². The van der Waals surface area contributed by atoms with Crippen LogP contribution in [-0.2, 0) is 25.8 Å². The molecule has 0 aliphatic rings. The number of benzene rings is 1. The van der Waals surface area contributed by atoms with Crippen molar-refractivity contribution in [2.24, 2.45) is 0 Å². The fourth-order valence-electron chi connectivity index (χ4n) is 1.54. The van der Waals surface area contributed by atoms with Gasteiger partial charge in [0.25, 0.3) is 5.16 Å². The fraction of sp³-hybridized carbons (Fsp3) is 0.273. The molecule has 120 valence electrons. The largest absolute Gasteiger partial charge is 0.323 e. The van der Waals surface area contributed by atoms with Crippen LogP contribution in [-0.4, -0.2) is 49.4 Å². The minimum absolute atomic E-state index is 0.333. The molecule has 0 N–H and O–H groups in total. The summed E-state index contributed by atoms with van der Waals surface area (Å²) in [5, 5.41) is 3.04. The number of aromatic nitrogens is 3. The second kappa shape index (κ2) is 6.07. The highest BCUT2D eigenvalue weighted by Gasteiger charge is 2.25. The van der Waals surface area contributed by atoms with Crippen molar-refractivity contribution in [1.29, 1.82) is 0 Å². The molecule has 22 heavy (non-hydrogen) atoms. The Hall–Kier alpha value is -1.30. The molecule has 0 spiro atoms. The first-order chi connectivity index (χ1) is 10.1. The Kier molecular flexibility index (Phi) is 4.70. The highest BCUT2D eigenvalue weighted by Crippen LogP contribution is 2.21. The van der Waals surface area contributed by atoms with Crippen molar-refractivity contribution in [2.45, 2.75) is 10.9 Å². The van der Waals surface area contributed by atoms with E-state index < -0.39 is 25.2 Å². The zero-order valence-electron chi connectivity index (χ0n) is 11.7. The SMILES string of the molecule is CN(C)S(=O)(=O)n1cnc(S(=O)(=O)Cc2ccccc2Br)n1. The van der Waals surface area contributed by atoms with Crippen LogP contribution in [0.2, 0.25) is 0 Å². The van der Waals surface area contributed by atoms with Gasteiger partial charge in [-0.1, -0.05) is 34.1 Å². The first-order valence-electron chi connectivity index (χ1n) is 5.95. The van der Waals surface area contributed by atoms with Crippen molar-refractivity contribution >= 4 is 36.0 Å². The average Bonchev–Trinajstić information content (AvgIpc) is 2.92. The van der Waals surface area contributed by atoms with E-state index in [0.29, 0.717) is 14.1 Å². The van der Waals surface area contributed by atoms with E-state index in [1.165, 1.54) is 14.1 Å². The lowest BCUT2D eigenvalue weighted by molar-refractivity contribution is 0.502. The van der Waals surface area contributed by atoms with Crippen LogP contribution in [0.25, 0.3) is 0 Å². The molecule has 0 fully saturated rings. The zero-order chi connectivity index (χ0) is 16.5. The topological polar surface area (TPSA) is 102 Å². The molecule has 1 heterocycles. The van der Waals surface area contributed by atoms with Gasteiger partial charge in [0, 0.05) is 18.6 Å². The van der Waals surface area contributed by atoms with E-state index in [-0.39, 0.29) is 5.75 Å². The van der Waals surface area contributed by atoms with Crippen molar-refractivity contribution in [3.63, 3.8) is 0 Å². The predicted octanol–water partition coefficient (Wildman–Crippen LogP) is 0.669. The normalized spacial score (nSPS) is 12.7. The minimum atomic E-state index is -3.89. The number of hydrogen-bond acceptors (Lipinski definition) is 6. The van der Waals surface area contributed by atoms with Crippen LogP contribution < -0.4 is 0 Å². The van der Waals surface area contributed by atoms with Gasteiger partial charge >= 0.3 is 10.2 Å². The van der Waals surface area contributed by atoms with E-state index >= 15 is 0 Å². The summed E-state index contributed by atoms with van der Waals surface area (Å²) in [7, 11) is -5.13. The maximum atomic E-state index is 12.3. The number of sulfone groups is 1. The van der Waals surface area contributed by atoms with Crippen molar-refractivity contribution < 1.29 is 16.8 Å². The molecule has 1 aromatic heterocycles.